The maximum Gasteiger partial charge on any atom is 0.0728 e. The summed E-state index contributed by atoms with van der Waals surface area (Å²) in [4.78, 5) is 4.32. The quantitative estimate of drug-likeness (QED) is 0.746. The Bertz CT molecular complexity index is 412. The van der Waals surface area contributed by atoms with Crippen LogP contribution < -0.4 is 0 Å². The van der Waals surface area contributed by atoms with Gasteiger partial charge < -0.3 is 4.74 Å². The molecule has 0 atom stereocenters. The molecule has 0 N–H and O–H groups in total. The van der Waals surface area contributed by atoms with Crippen molar-refractivity contribution in [3.05, 3.63) is 42.1 Å². The SMILES string of the molecule is CC.COCc1cnc2ccccc2c1. The molecule has 1 aromatic carbocycles. The summed E-state index contributed by atoms with van der Waals surface area (Å²) >= 11 is 0. The van der Waals surface area contributed by atoms with Gasteiger partial charge in [-0.15, -0.1) is 0 Å². The molecule has 2 rings (SSSR count). The lowest BCUT2D eigenvalue weighted by molar-refractivity contribution is 0.185. The number of pyridine rings is 1. The monoisotopic (exact) mass is 203 g/mol. The minimum atomic E-state index is 0.623. The first-order valence-electron chi connectivity index (χ1n) is 5.23. The van der Waals surface area contributed by atoms with Crippen molar-refractivity contribution in [1.29, 1.82) is 0 Å². The molecule has 0 aliphatic heterocycles. The van der Waals surface area contributed by atoms with E-state index in [-0.39, 0.29) is 0 Å². The first-order valence-corrected chi connectivity index (χ1v) is 5.23. The molecular weight excluding hydrogens is 186 g/mol. The number of rotatable bonds is 2. The molecule has 2 aromatic rings. The van der Waals surface area contributed by atoms with E-state index in [2.05, 4.69) is 17.1 Å². The number of ether oxygens (including phenoxy) is 1. The lowest BCUT2D eigenvalue weighted by Crippen LogP contribution is -1.88. The van der Waals surface area contributed by atoms with E-state index in [1.165, 1.54) is 0 Å². The molecule has 0 fully saturated rings. The second kappa shape index (κ2) is 6.14. The van der Waals surface area contributed by atoms with Crippen molar-refractivity contribution in [3.8, 4) is 0 Å². The van der Waals surface area contributed by atoms with Gasteiger partial charge in [0.25, 0.3) is 0 Å². The third-order valence-corrected chi connectivity index (χ3v) is 1.96. The van der Waals surface area contributed by atoms with Crippen molar-refractivity contribution in [2.24, 2.45) is 0 Å². The number of benzene rings is 1. The molecule has 2 heteroatoms. The molecule has 0 saturated carbocycles. The highest BCUT2D eigenvalue weighted by atomic mass is 16.5. The fraction of sp³-hybridized carbons (Fsp3) is 0.308. The molecular formula is C13H17NO. The Hall–Kier alpha value is -1.41. The van der Waals surface area contributed by atoms with Gasteiger partial charge in [0.1, 0.15) is 0 Å². The van der Waals surface area contributed by atoms with Gasteiger partial charge in [0.2, 0.25) is 0 Å². The van der Waals surface area contributed by atoms with E-state index in [0.29, 0.717) is 6.61 Å². The van der Waals surface area contributed by atoms with Crippen LogP contribution in [0.15, 0.2) is 36.5 Å². The molecule has 0 spiro atoms. The first kappa shape index (κ1) is 11.7. The number of nitrogens with zero attached hydrogens (tertiary/aromatic N) is 1. The summed E-state index contributed by atoms with van der Waals surface area (Å²) in [6.07, 6.45) is 1.85. The van der Waals surface area contributed by atoms with Crippen molar-refractivity contribution >= 4 is 10.9 Å². The normalized spacial score (nSPS) is 9.53. The van der Waals surface area contributed by atoms with E-state index in [4.69, 9.17) is 4.74 Å². The van der Waals surface area contributed by atoms with Crippen molar-refractivity contribution < 1.29 is 4.74 Å². The van der Waals surface area contributed by atoms with E-state index in [0.717, 1.165) is 16.5 Å². The molecule has 0 radical (unpaired) electrons. The third-order valence-electron chi connectivity index (χ3n) is 1.96. The number of aromatic nitrogens is 1. The van der Waals surface area contributed by atoms with Crippen LogP contribution in [0, 0.1) is 0 Å². The molecule has 0 amide bonds. The lowest BCUT2D eigenvalue weighted by Gasteiger charge is -2.00. The average molecular weight is 203 g/mol. The van der Waals surface area contributed by atoms with Gasteiger partial charge in [0.15, 0.2) is 0 Å². The van der Waals surface area contributed by atoms with Crippen LogP contribution >= 0.6 is 0 Å². The topological polar surface area (TPSA) is 22.1 Å². The smallest absolute Gasteiger partial charge is 0.0728 e. The summed E-state index contributed by atoms with van der Waals surface area (Å²) in [5.41, 5.74) is 2.14. The van der Waals surface area contributed by atoms with Crippen molar-refractivity contribution in [3.63, 3.8) is 0 Å². The Balaban J connectivity index is 0.000000531. The highest BCUT2D eigenvalue weighted by molar-refractivity contribution is 5.78. The Kier molecular flexibility index (Phi) is 4.78. The predicted molar refractivity (Wildman–Crippen MR) is 63.8 cm³/mol. The van der Waals surface area contributed by atoms with Crippen molar-refractivity contribution in [2.45, 2.75) is 20.5 Å². The number of methoxy groups -OCH3 is 1. The third kappa shape index (κ3) is 3.03. The fourth-order valence-corrected chi connectivity index (χ4v) is 1.36. The molecule has 0 aliphatic rings. The summed E-state index contributed by atoms with van der Waals surface area (Å²) < 4.78 is 5.04. The maximum absolute atomic E-state index is 5.04. The van der Waals surface area contributed by atoms with Gasteiger partial charge in [-0.1, -0.05) is 32.0 Å². The van der Waals surface area contributed by atoms with Gasteiger partial charge >= 0.3 is 0 Å². The van der Waals surface area contributed by atoms with E-state index in [1.807, 2.05) is 38.2 Å². The highest BCUT2D eigenvalue weighted by Crippen LogP contribution is 2.12. The van der Waals surface area contributed by atoms with Crippen LogP contribution in [-0.2, 0) is 11.3 Å². The minimum absolute atomic E-state index is 0.623. The van der Waals surface area contributed by atoms with Crippen LogP contribution in [0.5, 0.6) is 0 Å². The second-order valence-corrected chi connectivity index (χ2v) is 2.97. The Morgan fingerprint density at radius 2 is 1.93 bits per heavy atom. The van der Waals surface area contributed by atoms with Gasteiger partial charge in [0.05, 0.1) is 12.1 Å². The molecule has 0 aliphatic carbocycles. The highest BCUT2D eigenvalue weighted by Gasteiger charge is 1.95. The zero-order valence-corrected chi connectivity index (χ0v) is 9.53. The lowest BCUT2D eigenvalue weighted by atomic mass is 10.2. The zero-order chi connectivity index (χ0) is 11.1. The fourth-order valence-electron chi connectivity index (χ4n) is 1.36. The predicted octanol–water partition coefficient (Wildman–Crippen LogP) is 3.41. The van der Waals surface area contributed by atoms with Gasteiger partial charge in [-0.25, -0.2) is 0 Å². The van der Waals surface area contributed by atoms with Crippen LogP contribution in [0.1, 0.15) is 19.4 Å². The van der Waals surface area contributed by atoms with Crippen LogP contribution in [0.3, 0.4) is 0 Å². The van der Waals surface area contributed by atoms with Gasteiger partial charge in [-0.05, 0) is 17.7 Å². The van der Waals surface area contributed by atoms with Crippen LogP contribution in [0.25, 0.3) is 10.9 Å². The molecule has 80 valence electrons. The van der Waals surface area contributed by atoms with E-state index >= 15 is 0 Å². The van der Waals surface area contributed by atoms with Crippen molar-refractivity contribution in [1.82, 2.24) is 4.98 Å². The zero-order valence-electron chi connectivity index (χ0n) is 9.53. The van der Waals surface area contributed by atoms with Gasteiger partial charge in [0, 0.05) is 18.7 Å². The standard InChI is InChI=1S/C11H11NO.C2H6/c1-13-8-9-6-10-4-2-3-5-11(10)12-7-9;1-2/h2-7H,8H2,1H3;1-2H3. The van der Waals surface area contributed by atoms with Crippen molar-refractivity contribution in [2.75, 3.05) is 7.11 Å². The maximum atomic E-state index is 5.04. The van der Waals surface area contributed by atoms with E-state index < -0.39 is 0 Å². The second-order valence-electron chi connectivity index (χ2n) is 2.97. The summed E-state index contributed by atoms with van der Waals surface area (Å²) in [5, 5.41) is 1.16. The molecule has 2 nitrogen and oxygen atoms in total. The Labute approximate surface area is 90.9 Å². The van der Waals surface area contributed by atoms with Crippen LogP contribution in [0.2, 0.25) is 0 Å². The average Bonchev–Trinajstić information content (AvgIpc) is 2.32. The van der Waals surface area contributed by atoms with E-state index in [9.17, 15) is 0 Å². The molecule has 15 heavy (non-hydrogen) atoms. The largest absolute Gasteiger partial charge is 0.380 e. The summed E-state index contributed by atoms with van der Waals surface area (Å²) in [6.45, 7) is 4.62. The molecule has 0 unspecified atom stereocenters. The number of fused-ring (bicyclic) bond motifs is 1. The Morgan fingerprint density at radius 3 is 2.67 bits per heavy atom. The minimum Gasteiger partial charge on any atom is -0.380 e. The van der Waals surface area contributed by atoms with Crippen LogP contribution in [-0.4, -0.2) is 12.1 Å². The number of para-hydroxylation sites is 1. The van der Waals surface area contributed by atoms with E-state index in [1.54, 1.807) is 7.11 Å². The van der Waals surface area contributed by atoms with Gasteiger partial charge in [-0.2, -0.15) is 0 Å². The summed E-state index contributed by atoms with van der Waals surface area (Å²) in [5.74, 6) is 0. The molecule has 1 aromatic heterocycles. The molecule has 1 heterocycles. The molecule has 0 bridgehead atoms. The number of hydrogen-bond acceptors (Lipinski definition) is 2. The summed E-state index contributed by atoms with van der Waals surface area (Å²) in [7, 11) is 1.69. The molecule has 0 saturated heterocycles. The first-order chi connectivity index (χ1) is 7.40. The van der Waals surface area contributed by atoms with Crippen LogP contribution in [0.4, 0.5) is 0 Å². The van der Waals surface area contributed by atoms with Gasteiger partial charge in [-0.3, -0.25) is 4.98 Å². The Morgan fingerprint density at radius 1 is 1.20 bits per heavy atom. The summed E-state index contributed by atoms with van der Waals surface area (Å²) in [6, 6.07) is 10.2. The number of hydrogen-bond donors (Lipinski definition) is 0.